The molecule has 0 saturated carbocycles. The number of halogens is 2. The van der Waals surface area contributed by atoms with Gasteiger partial charge in [0.05, 0.1) is 4.47 Å². The van der Waals surface area contributed by atoms with Gasteiger partial charge < -0.3 is 5.11 Å². The number of benzene rings is 2. The van der Waals surface area contributed by atoms with Crippen molar-refractivity contribution in [3.05, 3.63) is 69.4 Å². The number of aryl methyl sites for hydroxylation is 1. The Bertz CT molecular complexity index is 522. The van der Waals surface area contributed by atoms with Gasteiger partial charge in [-0.25, -0.2) is 4.39 Å². The summed E-state index contributed by atoms with van der Waals surface area (Å²) >= 11 is 3.11. The van der Waals surface area contributed by atoms with Crippen molar-refractivity contribution < 1.29 is 9.50 Å². The predicted molar refractivity (Wildman–Crippen MR) is 69.3 cm³/mol. The zero-order valence-corrected chi connectivity index (χ0v) is 10.9. The molecule has 1 N–H and O–H groups in total. The SMILES string of the molecule is Cc1ccc(C(O)c2ccc(F)c(Br)c2)cc1. The average Bonchev–Trinajstić information content (AvgIpc) is 2.33. The molecule has 0 heterocycles. The molecular weight excluding hydrogens is 283 g/mol. The number of hydrogen-bond acceptors (Lipinski definition) is 1. The highest BCUT2D eigenvalue weighted by atomic mass is 79.9. The first-order valence-corrected chi connectivity index (χ1v) is 6.07. The fourth-order valence-electron chi connectivity index (χ4n) is 1.62. The maximum Gasteiger partial charge on any atom is 0.137 e. The first-order chi connectivity index (χ1) is 8.08. The lowest BCUT2D eigenvalue weighted by atomic mass is 10.0. The molecule has 17 heavy (non-hydrogen) atoms. The lowest BCUT2D eigenvalue weighted by Gasteiger charge is -2.12. The molecule has 1 nitrogen and oxygen atoms in total. The highest BCUT2D eigenvalue weighted by Gasteiger charge is 2.11. The van der Waals surface area contributed by atoms with Crippen molar-refractivity contribution in [3.8, 4) is 0 Å². The van der Waals surface area contributed by atoms with Crippen molar-refractivity contribution >= 4 is 15.9 Å². The molecule has 2 aromatic rings. The Morgan fingerprint density at radius 2 is 1.65 bits per heavy atom. The Hall–Kier alpha value is -1.19. The normalized spacial score (nSPS) is 12.5. The van der Waals surface area contributed by atoms with Crippen molar-refractivity contribution in [1.29, 1.82) is 0 Å². The van der Waals surface area contributed by atoms with Gasteiger partial charge in [0.2, 0.25) is 0 Å². The number of rotatable bonds is 2. The molecule has 0 aliphatic carbocycles. The molecule has 2 rings (SSSR count). The maximum atomic E-state index is 13.1. The van der Waals surface area contributed by atoms with Crippen molar-refractivity contribution in [3.63, 3.8) is 0 Å². The molecule has 3 heteroatoms. The summed E-state index contributed by atoms with van der Waals surface area (Å²) < 4.78 is 13.5. The van der Waals surface area contributed by atoms with E-state index in [4.69, 9.17) is 0 Å². The quantitative estimate of drug-likeness (QED) is 0.888. The first-order valence-electron chi connectivity index (χ1n) is 5.27. The molecule has 0 spiro atoms. The van der Waals surface area contributed by atoms with Crippen molar-refractivity contribution in [2.45, 2.75) is 13.0 Å². The van der Waals surface area contributed by atoms with Gasteiger partial charge in [0, 0.05) is 0 Å². The topological polar surface area (TPSA) is 20.2 Å². The molecule has 0 fully saturated rings. The van der Waals surface area contributed by atoms with E-state index in [0.29, 0.717) is 10.0 Å². The first kappa shape index (κ1) is 12.3. The smallest absolute Gasteiger partial charge is 0.137 e. The molecule has 2 aromatic carbocycles. The van der Waals surface area contributed by atoms with E-state index in [1.165, 1.54) is 6.07 Å². The van der Waals surface area contributed by atoms with Gasteiger partial charge in [-0.05, 0) is 46.1 Å². The van der Waals surface area contributed by atoms with Gasteiger partial charge in [0.15, 0.2) is 0 Å². The summed E-state index contributed by atoms with van der Waals surface area (Å²) in [6.45, 7) is 1.99. The van der Waals surface area contributed by atoms with E-state index in [1.54, 1.807) is 12.1 Å². The number of aliphatic hydroxyl groups excluding tert-OH is 1. The average molecular weight is 295 g/mol. The standard InChI is InChI=1S/C14H12BrFO/c1-9-2-4-10(5-3-9)14(17)11-6-7-13(16)12(15)8-11/h2-8,14,17H,1H3. The molecular formula is C14H12BrFO. The van der Waals surface area contributed by atoms with Crippen LogP contribution in [0.5, 0.6) is 0 Å². The molecule has 0 aliphatic heterocycles. The third kappa shape index (κ3) is 2.73. The maximum absolute atomic E-state index is 13.1. The van der Waals surface area contributed by atoms with Crippen molar-refractivity contribution in [1.82, 2.24) is 0 Å². The largest absolute Gasteiger partial charge is 0.384 e. The second-order valence-electron chi connectivity index (χ2n) is 3.99. The van der Waals surface area contributed by atoms with E-state index in [9.17, 15) is 9.50 Å². The van der Waals surface area contributed by atoms with E-state index >= 15 is 0 Å². The Morgan fingerprint density at radius 1 is 1.06 bits per heavy atom. The van der Waals surface area contributed by atoms with Crippen LogP contribution in [-0.4, -0.2) is 5.11 Å². The Kier molecular flexibility index (Phi) is 3.60. The van der Waals surface area contributed by atoms with Crippen LogP contribution < -0.4 is 0 Å². The molecule has 0 aliphatic rings. The van der Waals surface area contributed by atoms with Gasteiger partial charge in [0.1, 0.15) is 11.9 Å². The van der Waals surface area contributed by atoms with Crippen LogP contribution in [-0.2, 0) is 0 Å². The highest BCUT2D eigenvalue weighted by molar-refractivity contribution is 9.10. The molecule has 1 unspecified atom stereocenters. The summed E-state index contributed by atoms with van der Waals surface area (Å²) in [5.74, 6) is -0.329. The van der Waals surface area contributed by atoms with Crippen LogP contribution in [0.25, 0.3) is 0 Å². The van der Waals surface area contributed by atoms with E-state index in [2.05, 4.69) is 15.9 Å². The second kappa shape index (κ2) is 4.98. The number of hydrogen-bond donors (Lipinski definition) is 1. The Balaban J connectivity index is 2.33. The fourth-order valence-corrected chi connectivity index (χ4v) is 2.02. The van der Waals surface area contributed by atoms with Gasteiger partial charge in [-0.2, -0.15) is 0 Å². The van der Waals surface area contributed by atoms with Gasteiger partial charge in [-0.1, -0.05) is 35.9 Å². The predicted octanol–water partition coefficient (Wildman–Crippen LogP) is 3.98. The molecule has 0 bridgehead atoms. The molecule has 0 amide bonds. The minimum absolute atomic E-state index is 0.329. The summed E-state index contributed by atoms with van der Waals surface area (Å²) in [6, 6.07) is 12.2. The minimum atomic E-state index is -0.729. The van der Waals surface area contributed by atoms with Crippen molar-refractivity contribution in [2.24, 2.45) is 0 Å². The van der Waals surface area contributed by atoms with Crippen molar-refractivity contribution in [2.75, 3.05) is 0 Å². The van der Waals surface area contributed by atoms with Crippen LogP contribution in [0.4, 0.5) is 4.39 Å². The summed E-state index contributed by atoms with van der Waals surface area (Å²) in [7, 11) is 0. The van der Waals surface area contributed by atoms with Crippen LogP contribution in [0.3, 0.4) is 0 Å². The van der Waals surface area contributed by atoms with Gasteiger partial charge in [0.25, 0.3) is 0 Å². The second-order valence-corrected chi connectivity index (χ2v) is 4.84. The lowest BCUT2D eigenvalue weighted by molar-refractivity contribution is 0.220. The third-order valence-electron chi connectivity index (χ3n) is 2.65. The monoisotopic (exact) mass is 294 g/mol. The van der Waals surface area contributed by atoms with E-state index in [1.807, 2.05) is 31.2 Å². The summed E-state index contributed by atoms with van der Waals surface area (Å²) in [5, 5.41) is 10.2. The Morgan fingerprint density at radius 3 is 2.24 bits per heavy atom. The van der Waals surface area contributed by atoms with Gasteiger partial charge in [-0.3, -0.25) is 0 Å². The van der Waals surface area contributed by atoms with Gasteiger partial charge in [-0.15, -0.1) is 0 Å². The molecule has 1 atom stereocenters. The van der Waals surface area contributed by atoms with Crippen LogP contribution in [0.2, 0.25) is 0 Å². The minimum Gasteiger partial charge on any atom is -0.384 e. The van der Waals surface area contributed by atoms with E-state index < -0.39 is 6.10 Å². The highest BCUT2D eigenvalue weighted by Crippen LogP contribution is 2.26. The fraction of sp³-hybridized carbons (Fsp3) is 0.143. The molecule has 0 aromatic heterocycles. The molecule has 0 saturated heterocycles. The zero-order chi connectivity index (χ0) is 12.4. The van der Waals surface area contributed by atoms with Crippen LogP contribution in [0.15, 0.2) is 46.9 Å². The Labute approximate surface area is 108 Å². The summed E-state index contributed by atoms with van der Waals surface area (Å²) in [5.41, 5.74) is 2.61. The summed E-state index contributed by atoms with van der Waals surface area (Å²) in [4.78, 5) is 0. The molecule has 0 radical (unpaired) electrons. The third-order valence-corrected chi connectivity index (χ3v) is 3.26. The van der Waals surface area contributed by atoms with Crippen LogP contribution in [0, 0.1) is 12.7 Å². The van der Waals surface area contributed by atoms with Crippen LogP contribution in [0.1, 0.15) is 22.8 Å². The lowest BCUT2D eigenvalue weighted by Crippen LogP contribution is -2.00. The molecule has 88 valence electrons. The summed E-state index contributed by atoms with van der Waals surface area (Å²) in [6.07, 6.45) is -0.729. The van der Waals surface area contributed by atoms with E-state index in [0.717, 1.165) is 11.1 Å². The van der Waals surface area contributed by atoms with Gasteiger partial charge >= 0.3 is 0 Å². The zero-order valence-electron chi connectivity index (χ0n) is 9.32. The van der Waals surface area contributed by atoms with Crippen LogP contribution >= 0.6 is 15.9 Å². The number of aliphatic hydroxyl groups is 1. The van der Waals surface area contributed by atoms with E-state index in [-0.39, 0.29) is 5.82 Å².